The second-order valence-electron chi connectivity index (χ2n) is 12.8. The number of hydrogen-bond acceptors (Lipinski definition) is 7. The Morgan fingerprint density at radius 1 is 0.755 bits per heavy atom. The molecule has 2 aromatic heterocycles. The Morgan fingerprint density at radius 3 is 1.76 bits per heavy atom. The molecule has 4 aromatic rings. The van der Waals surface area contributed by atoms with E-state index in [4.69, 9.17) is 33.3 Å². The van der Waals surface area contributed by atoms with Gasteiger partial charge in [-0.15, -0.1) is 0 Å². The van der Waals surface area contributed by atoms with Gasteiger partial charge in [-0.25, -0.2) is 9.97 Å². The van der Waals surface area contributed by atoms with Crippen molar-refractivity contribution in [1.82, 2.24) is 28.9 Å². The Morgan fingerprint density at radius 2 is 1.24 bits per heavy atom. The van der Waals surface area contributed by atoms with Gasteiger partial charge in [0, 0.05) is 82.2 Å². The van der Waals surface area contributed by atoms with Crippen molar-refractivity contribution in [1.29, 1.82) is 0 Å². The summed E-state index contributed by atoms with van der Waals surface area (Å²) in [6.07, 6.45) is 5.72. The lowest BCUT2D eigenvalue weighted by Gasteiger charge is -2.26. The number of unbranched alkanes of at least 4 members (excludes halogenated alkanes) is 3. The minimum atomic E-state index is -0.349. The molecule has 3 N–H and O–H groups in total. The lowest BCUT2D eigenvalue weighted by Crippen LogP contribution is -2.32. The molecule has 2 amide bonds. The van der Waals surface area contributed by atoms with Gasteiger partial charge in [0.25, 0.3) is 11.8 Å². The number of imidazole rings is 2. The molecule has 4 heterocycles. The van der Waals surface area contributed by atoms with E-state index in [1.165, 1.54) is 0 Å². The van der Waals surface area contributed by atoms with Crippen molar-refractivity contribution in [2.24, 2.45) is 14.1 Å². The highest BCUT2D eigenvalue weighted by Gasteiger charge is 2.27. The monoisotopic (exact) mass is 706 g/mol. The van der Waals surface area contributed by atoms with E-state index >= 15 is 0 Å². The van der Waals surface area contributed by atoms with Crippen LogP contribution in [0.3, 0.4) is 0 Å². The zero-order valence-corrected chi connectivity index (χ0v) is 29.9. The number of hydrogen-bond donors (Lipinski definition) is 3. The fourth-order valence-electron chi connectivity index (χ4n) is 6.86. The summed E-state index contributed by atoms with van der Waals surface area (Å²) in [5.41, 5.74) is 6.09. The van der Waals surface area contributed by atoms with Crippen LogP contribution in [0.1, 0.15) is 76.6 Å². The number of likely N-dealkylation sites (N-methyl/N-ethyl adjacent to an activating group) is 1. The quantitative estimate of drug-likeness (QED) is 0.157. The second kappa shape index (κ2) is 15.4. The molecule has 13 heteroatoms. The molecule has 0 atom stereocenters. The first kappa shape index (κ1) is 35.1. The molecule has 2 aromatic carbocycles. The predicted octanol–water partition coefficient (Wildman–Crippen LogP) is 5.92. The number of aliphatic hydroxyl groups excluding tert-OH is 1. The van der Waals surface area contributed by atoms with Crippen molar-refractivity contribution in [3.63, 3.8) is 0 Å². The van der Waals surface area contributed by atoms with Gasteiger partial charge in [-0.1, -0.05) is 67.2 Å². The van der Waals surface area contributed by atoms with E-state index in [2.05, 4.69) is 32.3 Å². The minimum absolute atomic E-state index is 0.245. The number of rotatable bonds is 12. The third-order valence-corrected chi connectivity index (χ3v) is 10.5. The van der Waals surface area contributed by atoms with Gasteiger partial charge in [-0.05, 0) is 38.1 Å². The maximum absolute atomic E-state index is 13.5. The molecular weight excluding hydrogens is 663 g/mol. The predicted molar refractivity (Wildman–Crippen MR) is 193 cm³/mol. The average Bonchev–Trinajstić information content (AvgIpc) is 3.62. The number of halogens is 2. The summed E-state index contributed by atoms with van der Waals surface area (Å²) in [5.74, 6) is -0.0223. The molecule has 2 aliphatic heterocycles. The molecule has 0 radical (unpaired) electrons. The summed E-state index contributed by atoms with van der Waals surface area (Å²) < 4.78 is 3.75. The molecule has 0 saturated carbocycles. The highest BCUT2D eigenvalue weighted by molar-refractivity contribution is 6.40. The number of aliphatic hydroxyl groups is 1. The topological polar surface area (TPSA) is 121 Å². The van der Waals surface area contributed by atoms with Gasteiger partial charge in [-0.3, -0.25) is 19.4 Å². The summed E-state index contributed by atoms with van der Waals surface area (Å²) in [6.45, 7) is 7.57. The fraction of sp³-hybridized carbons (Fsp3) is 0.444. The van der Waals surface area contributed by atoms with Gasteiger partial charge >= 0.3 is 0 Å². The van der Waals surface area contributed by atoms with Gasteiger partial charge in [0.15, 0.2) is 11.6 Å². The Labute approximate surface area is 297 Å². The number of aromatic nitrogens is 4. The van der Waals surface area contributed by atoms with Gasteiger partial charge in [0.05, 0.1) is 32.8 Å². The van der Waals surface area contributed by atoms with E-state index in [-0.39, 0.29) is 18.4 Å². The SMILES string of the molecule is CCN1CCc2c(nc(C(=O)Nc3cccc(-c4cccc(NC(=O)c5nc6c(n5C)CCN(CCCCCCO)C6)c4Cl)c3Cl)n2C)C1. The fourth-order valence-corrected chi connectivity index (χ4v) is 7.41. The lowest BCUT2D eigenvalue weighted by molar-refractivity contribution is 0.100. The number of carbonyl (C=O) groups is 2. The van der Waals surface area contributed by atoms with Crippen LogP contribution in [-0.4, -0.2) is 78.6 Å². The number of amides is 2. The largest absolute Gasteiger partial charge is 0.396 e. The number of nitrogens with one attached hydrogen (secondary N) is 2. The van der Waals surface area contributed by atoms with Gasteiger partial charge in [0.2, 0.25) is 0 Å². The Bertz CT molecular complexity index is 1850. The van der Waals surface area contributed by atoms with Crippen molar-refractivity contribution in [3.05, 3.63) is 80.9 Å². The van der Waals surface area contributed by atoms with Gasteiger partial charge in [0.1, 0.15) is 0 Å². The van der Waals surface area contributed by atoms with E-state index in [0.717, 1.165) is 94.0 Å². The molecule has 260 valence electrons. The first-order valence-electron chi connectivity index (χ1n) is 17.0. The third kappa shape index (κ3) is 7.41. The number of carbonyl (C=O) groups excluding carboxylic acids is 2. The van der Waals surface area contributed by atoms with Crippen molar-refractivity contribution >= 4 is 46.4 Å². The normalized spacial score (nSPS) is 14.8. The van der Waals surface area contributed by atoms with Crippen LogP contribution in [0.4, 0.5) is 11.4 Å². The third-order valence-electron chi connectivity index (χ3n) is 9.69. The first-order valence-corrected chi connectivity index (χ1v) is 17.8. The van der Waals surface area contributed by atoms with Gasteiger partial charge in [-0.2, -0.15) is 0 Å². The number of benzene rings is 2. The van der Waals surface area contributed by atoms with E-state index in [9.17, 15) is 9.59 Å². The second-order valence-corrected chi connectivity index (χ2v) is 13.6. The Kier molecular flexibility index (Phi) is 11.1. The first-order chi connectivity index (χ1) is 23.7. The van der Waals surface area contributed by atoms with E-state index < -0.39 is 0 Å². The summed E-state index contributed by atoms with van der Waals surface area (Å²) in [6, 6.07) is 10.7. The number of anilines is 2. The van der Waals surface area contributed by atoms with Crippen LogP contribution in [0.2, 0.25) is 10.0 Å². The lowest BCUT2D eigenvalue weighted by atomic mass is 10.0. The van der Waals surface area contributed by atoms with E-state index in [1.807, 2.05) is 35.4 Å². The summed E-state index contributed by atoms with van der Waals surface area (Å²) in [7, 11) is 3.75. The highest BCUT2D eigenvalue weighted by Crippen LogP contribution is 2.40. The zero-order valence-electron chi connectivity index (χ0n) is 28.4. The smallest absolute Gasteiger partial charge is 0.291 e. The molecule has 0 fully saturated rings. The Hall–Kier alpha value is -3.74. The van der Waals surface area contributed by atoms with Crippen LogP contribution in [-0.2, 0) is 40.0 Å². The van der Waals surface area contributed by atoms with Crippen LogP contribution < -0.4 is 10.6 Å². The van der Waals surface area contributed by atoms with Crippen molar-refractivity contribution < 1.29 is 14.7 Å². The summed E-state index contributed by atoms with van der Waals surface area (Å²) in [4.78, 5) is 41.1. The summed E-state index contributed by atoms with van der Waals surface area (Å²) in [5, 5.41) is 15.6. The summed E-state index contributed by atoms with van der Waals surface area (Å²) >= 11 is 13.8. The average molecular weight is 708 g/mol. The minimum Gasteiger partial charge on any atom is -0.396 e. The molecule has 0 bridgehead atoms. The zero-order chi connectivity index (χ0) is 34.7. The number of nitrogens with zero attached hydrogens (tertiary/aromatic N) is 6. The van der Waals surface area contributed by atoms with Crippen molar-refractivity contribution in [3.8, 4) is 11.1 Å². The molecule has 49 heavy (non-hydrogen) atoms. The van der Waals surface area contributed by atoms with E-state index in [0.29, 0.717) is 50.7 Å². The standard InChI is InChI=1S/C36H44Cl2N8O3/c1-4-45-18-15-29-27(21-45)39-33(43(29)2)35(48)41-25-13-9-11-23(31(25)37)24-12-10-14-26(32(24)38)42-36(49)34-40-28-22-46(17-7-5-6-8-20-47)19-16-30(28)44(34)3/h9-14,47H,4-8,15-22H2,1-3H3,(H,41,48)(H,42,49). The van der Waals surface area contributed by atoms with Crippen LogP contribution in [0.15, 0.2) is 36.4 Å². The van der Waals surface area contributed by atoms with E-state index in [1.54, 1.807) is 24.3 Å². The van der Waals surface area contributed by atoms with Crippen LogP contribution in [0.25, 0.3) is 11.1 Å². The highest BCUT2D eigenvalue weighted by atomic mass is 35.5. The van der Waals surface area contributed by atoms with Crippen LogP contribution in [0, 0.1) is 0 Å². The Balaban J connectivity index is 1.16. The maximum atomic E-state index is 13.5. The van der Waals surface area contributed by atoms with Gasteiger partial charge < -0.3 is 24.9 Å². The van der Waals surface area contributed by atoms with Crippen LogP contribution in [0.5, 0.6) is 0 Å². The van der Waals surface area contributed by atoms with Crippen molar-refractivity contribution in [2.75, 3.05) is 43.4 Å². The molecular formula is C36H44Cl2N8O3. The molecule has 6 rings (SSSR count). The molecule has 0 spiro atoms. The molecule has 2 aliphatic rings. The van der Waals surface area contributed by atoms with Crippen molar-refractivity contribution in [2.45, 2.75) is 58.5 Å². The molecule has 0 unspecified atom stereocenters. The molecule has 11 nitrogen and oxygen atoms in total. The molecule has 0 saturated heterocycles. The number of fused-ring (bicyclic) bond motifs is 2. The molecule has 0 aliphatic carbocycles. The maximum Gasteiger partial charge on any atom is 0.291 e. The van der Waals surface area contributed by atoms with Crippen LogP contribution >= 0.6 is 23.2 Å².